The average molecular weight is 286 g/mol. The fourth-order valence-corrected chi connectivity index (χ4v) is 1.86. The molecule has 0 bridgehead atoms. The molecule has 1 saturated heterocycles. The molecule has 1 fully saturated rings. The van der Waals surface area contributed by atoms with E-state index in [-0.39, 0.29) is 18.8 Å². The van der Waals surface area contributed by atoms with Crippen LogP contribution in [-0.4, -0.2) is 27.4 Å². The van der Waals surface area contributed by atoms with Crippen LogP contribution in [0.5, 0.6) is 0 Å². The molecule has 1 aliphatic rings. The van der Waals surface area contributed by atoms with Gasteiger partial charge in [0.05, 0.1) is 0 Å². The Labute approximate surface area is 115 Å². The lowest BCUT2D eigenvalue weighted by Crippen LogP contribution is -2.40. The molecule has 7 heteroatoms. The number of aromatic nitrogens is 2. The van der Waals surface area contributed by atoms with Crippen molar-refractivity contribution >= 4 is 0 Å². The monoisotopic (exact) mass is 286 g/mol. The van der Waals surface area contributed by atoms with E-state index < -0.39 is 23.5 Å². The van der Waals surface area contributed by atoms with Crippen LogP contribution in [0.3, 0.4) is 0 Å². The molecule has 0 radical (unpaired) electrons. The van der Waals surface area contributed by atoms with Crippen molar-refractivity contribution in [2.75, 3.05) is 6.61 Å². The molecule has 6 nitrogen and oxygen atoms in total. The van der Waals surface area contributed by atoms with E-state index in [0.29, 0.717) is 11.8 Å². The number of ether oxygens (including phenoxy) is 1. The highest BCUT2D eigenvalue weighted by molar-refractivity contribution is 5.04. The Kier molecular flexibility index (Phi) is 5.54. The van der Waals surface area contributed by atoms with Crippen LogP contribution in [0.25, 0.3) is 0 Å². The number of alkyl halides is 1. The Balaban J connectivity index is 0.000000956. The van der Waals surface area contributed by atoms with Crippen molar-refractivity contribution in [3.63, 3.8) is 0 Å². The minimum absolute atomic E-state index is 0.0705. The van der Waals surface area contributed by atoms with E-state index in [0.717, 1.165) is 4.57 Å². The summed E-state index contributed by atoms with van der Waals surface area (Å²) in [7, 11) is 0. The number of hydrogen-bond acceptors (Lipinski definition) is 4. The molecule has 2 heterocycles. The van der Waals surface area contributed by atoms with Crippen LogP contribution in [0, 0.1) is 6.92 Å². The summed E-state index contributed by atoms with van der Waals surface area (Å²) in [6.45, 7) is 5.46. The zero-order chi connectivity index (χ0) is 15.3. The smallest absolute Gasteiger partial charge is 0.328 e. The first kappa shape index (κ1) is 16.0. The molecule has 0 saturated carbocycles. The standard InChI is InChI=1S/C11H13FN2O4.C2H6/c1-6-3-14(11(17)13-10(6)16)9-5-18-7(4-15)2-8(9)12;1-2/h3-4,8-9,15H,2,5H2,1H3,(H,13,16,17);1-2H3/b7-4+;/t8-,9?;/m0./s1. The zero-order valence-electron chi connectivity index (χ0n) is 11.7. The Morgan fingerprint density at radius 1 is 1.50 bits per heavy atom. The molecular formula is C13H19FN2O4. The summed E-state index contributed by atoms with van der Waals surface area (Å²) >= 11 is 0. The van der Waals surface area contributed by atoms with Crippen molar-refractivity contribution in [3.8, 4) is 0 Å². The maximum Gasteiger partial charge on any atom is 0.328 e. The van der Waals surface area contributed by atoms with E-state index in [4.69, 9.17) is 9.84 Å². The second-order valence-corrected chi connectivity index (χ2v) is 4.17. The molecule has 0 spiro atoms. The predicted octanol–water partition coefficient (Wildman–Crippen LogP) is 1.57. The van der Waals surface area contributed by atoms with Gasteiger partial charge < -0.3 is 9.84 Å². The van der Waals surface area contributed by atoms with Crippen molar-refractivity contribution in [3.05, 3.63) is 44.6 Å². The normalized spacial score (nSPS) is 23.7. The van der Waals surface area contributed by atoms with E-state index in [9.17, 15) is 14.0 Å². The molecule has 1 aromatic rings. The number of allylic oxidation sites excluding steroid dienone is 1. The van der Waals surface area contributed by atoms with Gasteiger partial charge in [-0.2, -0.15) is 0 Å². The maximum absolute atomic E-state index is 13.9. The second kappa shape index (κ2) is 6.93. The molecule has 1 aliphatic heterocycles. The molecule has 112 valence electrons. The third kappa shape index (κ3) is 3.28. The highest BCUT2D eigenvalue weighted by Crippen LogP contribution is 2.27. The van der Waals surface area contributed by atoms with Crippen molar-refractivity contribution in [1.29, 1.82) is 0 Å². The molecule has 20 heavy (non-hydrogen) atoms. The fourth-order valence-electron chi connectivity index (χ4n) is 1.86. The van der Waals surface area contributed by atoms with Gasteiger partial charge in [-0.05, 0) is 6.92 Å². The van der Waals surface area contributed by atoms with Gasteiger partial charge in [0, 0.05) is 18.2 Å². The first-order valence-electron chi connectivity index (χ1n) is 6.45. The summed E-state index contributed by atoms with van der Waals surface area (Å²) in [5.41, 5.74) is -0.831. The lowest BCUT2D eigenvalue weighted by molar-refractivity contribution is 0.0488. The number of nitrogens with one attached hydrogen (secondary N) is 1. The summed E-state index contributed by atoms with van der Waals surface area (Å²) < 4.78 is 20.1. The number of aromatic amines is 1. The van der Waals surface area contributed by atoms with Gasteiger partial charge in [-0.3, -0.25) is 14.3 Å². The van der Waals surface area contributed by atoms with E-state index in [1.54, 1.807) is 0 Å². The van der Waals surface area contributed by atoms with Gasteiger partial charge in [0.25, 0.3) is 5.56 Å². The molecule has 0 amide bonds. The molecule has 2 N–H and O–H groups in total. The highest BCUT2D eigenvalue weighted by atomic mass is 19.1. The Bertz CT molecular complexity index is 591. The minimum Gasteiger partial charge on any atom is -0.512 e. The molecule has 1 unspecified atom stereocenters. The Morgan fingerprint density at radius 3 is 2.70 bits per heavy atom. The van der Waals surface area contributed by atoms with E-state index in [1.807, 2.05) is 13.8 Å². The number of aliphatic hydroxyl groups is 1. The lowest BCUT2D eigenvalue weighted by atomic mass is 10.1. The van der Waals surface area contributed by atoms with Crippen LogP contribution in [0.1, 0.15) is 31.9 Å². The molecule has 0 aromatic carbocycles. The average Bonchev–Trinajstić information content (AvgIpc) is 2.45. The largest absolute Gasteiger partial charge is 0.512 e. The molecule has 2 rings (SSSR count). The van der Waals surface area contributed by atoms with Gasteiger partial charge in [0.1, 0.15) is 30.8 Å². The third-order valence-corrected chi connectivity index (χ3v) is 2.90. The third-order valence-electron chi connectivity index (χ3n) is 2.90. The van der Waals surface area contributed by atoms with Gasteiger partial charge in [0.15, 0.2) is 0 Å². The van der Waals surface area contributed by atoms with Crippen molar-refractivity contribution in [2.45, 2.75) is 39.4 Å². The maximum atomic E-state index is 13.9. The van der Waals surface area contributed by atoms with Crippen LogP contribution >= 0.6 is 0 Å². The Morgan fingerprint density at radius 2 is 2.15 bits per heavy atom. The van der Waals surface area contributed by atoms with Gasteiger partial charge in [-0.15, -0.1) is 0 Å². The highest BCUT2D eigenvalue weighted by Gasteiger charge is 2.31. The van der Waals surface area contributed by atoms with Crippen LogP contribution in [-0.2, 0) is 4.74 Å². The zero-order valence-corrected chi connectivity index (χ0v) is 11.7. The predicted molar refractivity (Wildman–Crippen MR) is 72.6 cm³/mol. The number of hydrogen-bond donors (Lipinski definition) is 2. The second-order valence-electron chi connectivity index (χ2n) is 4.17. The van der Waals surface area contributed by atoms with E-state index in [2.05, 4.69) is 4.98 Å². The molecule has 0 aliphatic carbocycles. The minimum atomic E-state index is -1.36. The van der Waals surface area contributed by atoms with Crippen LogP contribution in [0.15, 0.2) is 27.8 Å². The molecular weight excluding hydrogens is 267 g/mol. The van der Waals surface area contributed by atoms with Crippen LogP contribution in [0.2, 0.25) is 0 Å². The molecule has 1 aromatic heterocycles. The number of aryl methyl sites for hydroxylation is 1. The van der Waals surface area contributed by atoms with Crippen molar-refractivity contribution in [2.24, 2.45) is 0 Å². The lowest BCUT2D eigenvalue weighted by Gasteiger charge is -2.29. The van der Waals surface area contributed by atoms with Gasteiger partial charge in [-0.1, -0.05) is 13.8 Å². The summed E-state index contributed by atoms with van der Waals surface area (Å²) in [4.78, 5) is 24.9. The fraction of sp³-hybridized carbons (Fsp3) is 0.538. The first-order chi connectivity index (χ1) is 9.52. The molecule has 2 atom stereocenters. The quantitative estimate of drug-likeness (QED) is 0.767. The van der Waals surface area contributed by atoms with Crippen molar-refractivity contribution in [1.82, 2.24) is 9.55 Å². The van der Waals surface area contributed by atoms with Crippen molar-refractivity contribution < 1.29 is 14.2 Å². The first-order valence-corrected chi connectivity index (χ1v) is 6.45. The van der Waals surface area contributed by atoms with Gasteiger partial charge in [0.2, 0.25) is 0 Å². The van der Waals surface area contributed by atoms with E-state index in [1.165, 1.54) is 13.1 Å². The summed E-state index contributed by atoms with van der Waals surface area (Å²) in [5.74, 6) is 0.146. The number of H-pyrrole nitrogens is 1. The number of aliphatic hydroxyl groups excluding tert-OH is 1. The topological polar surface area (TPSA) is 84.3 Å². The summed E-state index contributed by atoms with van der Waals surface area (Å²) in [6.07, 6.45) is 0.561. The number of rotatable bonds is 1. The van der Waals surface area contributed by atoms with Gasteiger partial charge in [-0.25, -0.2) is 9.18 Å². The summed E-state index contributed by atoms with van der Waals surface area (Å²) in [6, 6.07) is -0.809. The summed E-state index contributed by atoms with van der Waals surface area (Å²) in [5, 5.41) is 8.73. The Hall–Kier alpha value is -2.05. The van der Waals surface area contributed by atoms with Crippen LogP contribution in [0.4, 0.5) is 4.39 Å². The number of halogens is 1. The SMILES string of the molecule is CC.Cc1cn(C2CO/C(=C/O)C[C@@H]2F)c(=O)[nH]c1=O. The number of nitrogens with zero attached hydrogens (tertiary/aromatic N) is 1. The van der Waals surface area contributed by atoms with E-state index >= 15 is 0 Å². The van der Waals surface area contributed by atoms with Crippen LogP contribution < -0.4 is 11.2 Å². The van der Waals surface area contributed by atoms with Gasteiger partial charge >= 0.3 is 5.69 Å².